The van der Waals surface area contributed by atoms with Crippen molar-refractivity contribution in [3.05, 3.63) is 0 Å². The second kappa shape index (κ2) is 9.09. The van der Waals surface area contributed by atoms with Crippen molar-refractivity contribution >= 4 is 0 Å². The Morgan fingerprint density at radius 1 is 1.00 bits per heavy atom. The topological polar surface area (TPSA) is 39.7 Å². The Morgan fingerprint density at radius 2 is 1.73 bits per heavy atom. The van der Waals surface area contributed by atoms with Crippen LogP contribution in [0.4, 0.5) is 0 Å². The van der Waals surface area contributed by atoms with Gasteiger partial charge in [-0.2, -0.15) is 0 Å². The molecule has 1 aliphatic heterocycles. The van der Waals surface area contributed by atoms with Gasteiger partial charge in [-0.25, -0.2) is 0 Å². The van der Waals surface area contributed by atoms with Crippen molar-refractivity contribution in [3.63, 3.8) is 0 Å². The van der Waals surface area contributed by atoms with E-state index < -0.39 is 0 Å². The van der Waals surface area contributed by atoms with Crippen LogP contribution in [-0.4, -0.2) is 53.2 Å². The van der Waals surface area contributed by atoms with Crippen LogP contribution >= 0.6 is 0 Å². The first kappa shape index (κ1) is 12.9. The second-order valence-electron chi connectivity index (χ2n) is 3.88. The van der Waals surface area contributed by atoms with Crippen molar-refractivity contribution < 1.29 is 14.2 Å². The Morgan fingerprint density at radius 3 is 2.33 bits per heavy atom. The van der Waals surface area contributed by atoms with Crippen molar-refractivity contribution in [1.29, 1.82) is 0 Å². The third-order valence-electron chi connectivity index (χ3n) is 2.55. The van der Waals surface area contributed by atoms with Gasteiger partial charge in [-0.05, 0) is 31.8 Å². The highest BCUT2D eigenvalue weighted by Crippen LogP contribution is 2.07. The lowest BCUT2D eigenvalue weighted by atomic mass is 10.0. The lowest BCUT2D eigenvalue weighted by molar-refractivity contribution is 0.0338. The first-order valence-electron chi connectivity index (χ1n) is 5.78. The maximum atomic E-state index is 5.46. The summed E-state index contributed by atoms with van der Waals surface area (Å²) in [7, 11) is 1.71. The molecule has 1 fully saturated rings. The van der Waals surface area contributed by atoms with Gasteiger partial charge in [0.25, 0.3) is 0 Å². The van der Waals surface area contributed by atoms with Crippen molar-refractivity contribution in [2.45, 2.75) is 12.8 Å². The second-order valence-corrected chi connectivity index (χ2v) is 3.88. The summed E-state index contributed by atoms with van der Waals surface area (Å²) < 4.78 is 15.7. The van der Waals surface area contributed by atoms with Gasteiger partial charge in [-0.1, -0.05) is 0 Å². The zero-order chi connectivity index (χ0) is 10.8. The summed E-state index contributed by atoms with van der Waals surface area (Å²) >= 11 is 0. The molecule has 4 nitrogen and oxygen atoms in total. The number of rotatable bonds is 10. The fourth-order valence-corrected chi connectivity index (χ4v) is 1.43. The molecule has 0 atom stereocenters. The largest absolute Gasteiger partial charge is 0.385 e. The molecule has 0 bridgehead atoms. The van der Waals surface area contributed by atoms with Crippen LogP contribution in [-0.2, 0) is 14.2 Å². The van der Waals surface area contributed by atoms with E-state index in [1.807, 2.05) is 0 Å². The lowest BCUT2D eigenvalue weighted by Gasteiger charge is -2.26. The molecule has 0 aliphatic carbocycles. The molecule has 15 heavy (non-hydrogen) atoms. The number of nitrogens with one attached hydrogen (secondary N) is 1. The summed E-state index contributed by atoms with van der Waals surface area (Å²) in [5.74, 6) is 0.840. The number of methoxy groups -OCH3 is 1. The number of hydrogen-bond donors (Lipinski definition) is 1. The quantitative estimate of drug-likeness (QED) is 0.546. The molecule has 0 amide bonds. The molecule has 1 rings (SSSR count). The van der Waals surface area contributed by atoms with E-state index in [-0.39, 0.29) is 0 Å². The van der Waals surface area contributed by atoms with E-state index >= 15 is 0 Å². The Labute approximate surface area is 92.3 Å². The van der Waals surface area contributed by atoms with Crippen molar-refractivity contribution in [3.8, 4) is 0 Å². The van der Waals surface area contributed by atoms with Gasteiger partial charge in [0.2, 0.25) is 0 Å². The molecule has 0 aromatic rings. The van der Waals surface area contributed by atoms with E-state index in [0.717, 1.165) is 45.2 Å². The summed E-state index contributed by atoms with van der Waals surface area (Å²) in [5, 5.41) is 3.25. The van der Waals surface area contributed by atoms with Crippen LogP contribution in [0.15, 0.2) is 0 Å². The maximum Gasteiger partial charge on any atom is 0.0700 e. The molecule has 1 heterocycles. The van der Waals surface area contributed by atoms with Crippen molar-refractivity contribution in [2.24, 2.45) is 5.92 Å². The highest BCUT2D eigenvalue weighted by molar-refractivity contribution is 4.73. The highest BCUT2D eigenvalue weighted by Gasteiger charge is 2.15. The summed E-state index contributed by atoms with van der Waals surface area (Å²) in [4.78, 5) is 0. The fourth-order valence-electron chi connectivity index (χ4n) is 1.43. The maximum absolute atomic E-state index is 5.46. The Bertz CT molecular complexity index is 140. The Hall–Kier alpha value is -0.160. The molecule has 1 saturated heterocycles. The minimum absolute atomic E-state index is 0.701. The van der Waals surface area contributed by atoms with Crippen LogP contribution in [0.25, 0.3) is 0 Å². The van der Waals surface area contributed by atoms with E-state index in [0.29, 0.717) is 13.2 Å². The lowest BCUT2D eigenvalue weighted by Crippen LogP contribution is -2.42. The minimum atomic E-state index is 0.701. The first-order valence-corrected chi connectivity index (χ1v) is 5.78. The van der Waals surface area contributed by atoms with Crippen LogP contribution in [0, 0.1) is 5.92 Å². The van der Waals surface area contributed by atoms with Crippen LogP contribution in [0.2, 0.25) is 0 Å². The first-order chi connectivity index (χ1) is 7.43. The molecule has 0 aromatic heterocycles. The van der Waals surface area contributed by atoms with Gasteiger partial charge in [-0.3, -0.25) is 0 Å². The molecular formula is C11H23NO3. The molecule has 0 spiro atoms. The van der Waals surface area contributed by atoms with Crippen LogP contribution in [0.1, 0.15) is 12.8 Å². The minimum Gasteiger partial charge on any atom is -0.385 e. The van der Waals surface area contributed by atoms with Crippen LogP contribution in [0.5, 0.6) is 0 Å². The van der Waals surface area contributed by atoms with Gasteiger partial charge in [0.1, 0.15) is 0 Å². The molecule has 90 valence electrons. The molecule has 4 heteroatoms. The monoisotopic (exact) mass is 217 g/mol. The van der Waals surface area contributed by atoms with Gasteiger partial charge in [0.05, 0.1) is 13.2 Å². The van der Waals surface area contributed by atoms with E-state index in [1.165, 1.54) is 6.42 Å². The van der Waals surface area contributed by atoms with E-state index in [9.17, 15) is 0 Å². The van der Waals surface area contributed by atoms with E-state index in [4.69, 9.17) is 14.2 Å². The summed E-state index contributed by atoms with van der Waals surface area (Å²) in [6, 6.07) is 0. The SMILES string of the molecule is COCCCOCCOCCC1CNC1. The van der Waals surface area contributed by atoms with Crippen molar-refractivity contribution in [2.75, 3.05) is 53.2 Å². The predicted molar refractivity (Wildman–Crippen MR) is 59.1 cm³/mol. The zero-order valence-corrected chi connectivity index (χ0v) is 9.67. The Kier molecular flexibility index (Phi) is 7.83. The zero-order valence-electron chi connectivity index (χ0n) is 9.67. The molecular weight excluding hydrogens is 194 g/mol. The Balaban J connectivity index is 1.66. The summed E-state index contributed by atoms with van der Waals surface area (Å²) in [6.45, 7) is 6.15. The number of ether oxygens (including phenoxy) is 3. The van der Waals surface area contributed by atoms with Gasteiger partial charge >= 0.3 is 0 Å². The molecule has 1 aliphatic rings. The van der Waals surface area contributed by atoms with E-state index in [1.54, 1.807) is 7.11 Å². The molecule has 0 saturated carbocycles. The van der Waals surface area contributed by atoms with Gasteiger partial charge in [0.15, 0.2) is 0 Å². The predicted octanol–water partition coefficient (Wildman–Crippen LogP) is 0.666. The number of hydrogen-bond acceptors (Lipinski definition) is 4. The highest BCUT2D eigenvalue weighted by atomic mass is 16.5. The molecule has 1 N–H and O–H groups in total. The average Bonchev–Trinajstić information content (AvgIpc) is 2.18. The van der Waals surface area contributed by atoms with Crippen LogP contribution in [0.3, 0.4) is 0 Å². The average molecular weight is 217 g/mol. The van der Waals surface area contributed by atoms with E-state index in [2.05, 4.69) is 5.32 Å². The van der Waals surface area contributed by atoms with Gasteiger partial charge in [0, 0.05) is 26.9 Å². The molecule has 0 radical (unpaired) electrons. The molecule has 0 aromatic carbocycles. The summed E-state index contributed by atoms with van der Waals surface area (Å²) in [6.07, 6.45) is 2.14. The van der Waals surface area contributed by atoms with Crippen molar-refractivity contribution in [1.82, 2.24) is 5.32 Å². The normalized spacial score (nSPS) is 16.6. The molecule has 0 unspecified atom stereocenters. The third-order valence-corrected chi connectivity index (χ3v) is 2.55. The summed E-state index contributed by atoms with van der Waals surface area (Å²) in [5.41, 5.74) is 0. The van der Waals surface area contributed by atoms with Gasteiger partial charge < -0.3 is 19.5 Å². The van der Waals surface area contributed by atoms with Gasteiger partial charge in [-0.15, -0.1) is 0 Å². The van der Waals surface area contributed by atoms with Crippen LogP contribution < -0.4 is 5.32 Å². The third kappa shape index (κ3) is 6.84. The smallest absolute Gasteiger partial charge is 0.0700 e. The standard InChI is InChI=1S/C11H23NO3/c1-13-4-2-5-14-7-8-15-6-3-11-9-12-10-11/h11-12H,2-10H2,1H3. The fraction of sp³-hybridized carbons (Fsp3) is 1.00.